The number of esters is 1. The number of thiophene rings is 1. The maximum absolute atomic E-state index is 11.8. The molecule has 98 valence electrons. The lowest BCUT2D eigenvalue weighted by molar-refractivity contribution is 0.0532. The molecule has 0 saturated carbocycles. The maximum atomic E-state index is 11.8. The normalized spacial score (nSPS) is 12.3. The first-order valence-electron chi connectivity index (χ1n) is 5.91. The molecule has 1 aromatic carbocycles. The highest BCUT2D eigenvalue weighted by Gasteiger charge is 2.23. The summed E-state index contributed by atoms with van der Waals surface area (Å²) in [6, 6.07) is 7.35. The zero-order valence-electron chi connectivity index (χ0n) is 10.2. The lowest BCUT2D eigenvalue weighted by Crippen LogP contribution is -2.03. The van der Waals surface area contributed by atoms with Gasteiger partial charge < -0.3 is 9.47 Å². The number of fused-ring (bicyclic) bond motifs is 3. The van der Waals surface area contributed by atoms with Crippen LogP contribution in [0.1, 0.15) is 22.2 Å². The molecule has 0 unspecified atom stereocenters. The number of carbonyl (C=O) groups excluding carboxylic acids is 1. The van der Waals surface area contributed by atoms with Crippen LogP contribution in [0.3, 0.4) is 0 Å². The summed E-state index contributed by atoms with van der Waals surface area (Å²) in [4.78, 5) is 13.4. The van der Waals surface area contributed by atoms with Crippen molar-refractivity contribution in [3.8, 4) is 16.2 Å². The van der Waals surface area contributed by atoms with Gasteiger partial charge in [0.2, 0.25) is 0 Å². The van der Waals surface area contributed by atoms with Gasteiger partial charge in [0.05, 0.1) is 6.61 Å². The molecule has 0 bridgehead atoms. The molecule has 0 atom stereocenters. The van der Waals surface area contributed by atoms with Gasteiger partial charge in [0.1, 0.15) is 17.2 Å². The summed E-state index contributed by atoms with van der Waals surface area (Å²) in [6.07, 6.45) is 0. The molecule has 0 N–H and O–H groups in total. The third-order valence-corrected chi connectivity index (χ3v) is 4.28. The molecule has 0 radical (unpaired) electrons. The second kappa shape index (κ2) is 4.87. The van der Waals surface area contributed by atoms with E-state index in [1.807, 2.05) is 18.2 Å². The molecule has 1 aliphatic heterocycles. The van der Waals surface area contributed by atoms with Gasteiger partial charge in [-0.1, -0.05) is 11.6 Å². The van der Waals surface area contributed by atoms with E-state index in [1.165, 1.54) is 11.3 Å². The SMILES string of the molecule is CCOC(=O)c1cc2c(s1)-c1cc(Cl)ccc1OC2. The zero-order valence-corrected chi connectivity index (χ0v) is 11.8. The van der Waals surface area contributed by atoms with Gasteiger partial charge in [-0.05, 0) is 31.2 Å². The predicted molar refractivity (Wildman–Crippen MR) is 75.1 cm³/mol. The van der Waals surface area contributed by atoms with Gasteiger partial charge in [-0.2, -0.15) is 0 Å². The largest absolute Gasteiger partial charge is 0.488 e. The van der Waals surface area contributed by atoms with Crippen LogP contribution in [0.4, 0.5) is 0 Å². The third-order valence-electron chi connectivity index (χ3n) is 2.86. The Morgan fingerprint density at radius 1 is 1.47 bits per heavy atom. The third kappa shape index (κ3) is 2.22. The van der Waals surface area contributed by atoms with E-state index in [0.29, 0.717) is 23.1 Å². The molecule has 0 saturated heterocycles. The van der Waals surface area contributed by atoms with E-state index < -0.39 is 0 Å². The topological polar surface area (TPSA) is 35.5 Å². The van der Waals surface area contributed by atoms with Crippen molar-refractivity contribution in [2.45, 2.75) is 13.5 Å². The lowest BCUT2D eigenvalue weighted by atomic mass is 10.1. The number of hydrogen-bond donors (Lipinski definition) is 0. The fourth-order valence-electron chi connectivity index (χ4n) is 2.03. The van der Waals surface area contributed by atoms with E-state index in [4.69, 9.17) is 21.1 Å². The Hall–Kier alpha value is -1.52. The van der Waals surface area contributed by atoms with E-state index in [2.05, 4.69) is 0 Å². The van der Waals surface area contributed by atoms with E-state index in [9.17, 15) is 4.79 Å². The van der Waals surface area contributed by atoms with Crippen molar-refractivity contribution in [2.24, 2.45) is 0 Å². The Labute approximate surface area is 119 Å². The second-order valence-electron chi connectivity index (χ2n) is 4.11. The first-order chi connectivity index (χ1) is 9.19. The molecule has 0 amide bonds. The fourth-order valence-corrected chi connectivity index (χ4v) is 3.28. The van der Waals surface area contributed by atoms with Gasteiger partial charge in [-0.15, -0.1) is 11.3 Å². The molecule has 3 rings (SSSR count). The van der Waals surface area contributed by atoms with Crippen molar-refractivity contribution in [1.82, 2.24) is 0 Å². The van der Waals surface area contributed by atoms with Crippen molar-refractivity contribution in [3.05, 3.63) is 39.7 Å². The van der Waals surface area contributed by atoms with Crippen LogP contribution in [0.25, 0.3) is 10.4 Å². The van der Waals surface area contributed by atoms with Crippen LogP contribution in [0.2, 0.25) is 5.02 Å². The number of hydrogen-bond acceptors (Lipinski definition) is 4. The minimum absolute atomic E-state index is 0.287. The molecular weight excluding hydrogens is 284 g/mol. The highest BCUT2D eigenvalue weighted by atomic mass is 35.5. The standard InChI is InChI=1S/C14H11ClO3S/c1-2-17-14(16)12-5-8-7-18-11-4-3-9(15)6-10(11)13(8)19-12/h3-6H,2,7H2,1H3. The summed E-state index contributed by atoms with van der Waals surface area (Å²) in [7, 11) is 0. The fraction of sp³-hybridized carbons (Fsp3) is 0.214. The molecule has 0 aliphatic carbocycles. The highest BCUT2D eigenvalue weighted by molar-refractivity contribution is 7.17. The lowest BCUT2D eigenvalue weighted by Gasteiger charge is -2.17. The summed E-state index contributed by atoms with van der Waals surface area (Å²) in [5.74, 6) is 0.514. The highest BCUT2D eigenvalue weighted by Crippen LogP contribution is 2.43. The summed E-state index contributed by atoms with van der Waals surface area (Å²) in [5.41, 5.74) is 1.94. The summed E-state index contributed by atoms with van der Waals surface area (Å²) in [6.45, 7) is 2.64. The van der Waals surface area contributed by atoms with Crippen LogP contribution in [0.5, 0.6) is 5.75 Å². The Morgan fingerprint density at radius 3 is 3.11 bits per heavy atom. The summed E-state index contributed by atoms with van der Waals surface area (Å²) >= 11 is 7.44. The molecule has 0 fully saturated rings. The van der Waals surface area contributed by atoms with Crippen molar-refractivity contribution in [3.63, 3.8) is 0 Å². The van der Waals surface area contributed by atoms with Gasteiger partial charge >= 0.3 is 5.97 Å². The van der Waals surface area contributed by atoms with Crippen LogP contribution in [0.15, 0.2) is 24.3 Å². The first-order valence-corrected chi connectivity index (χ1v) is 7.11. The van der Waals surface area contributed by atoms with Crippen LogP contribution in [0, 0.1) is 0 Å². The molecule has 1 aliphatic rings. The molecule has 1 aromatic heterocycles. The number of halogens is 1. The Kier molecular flexibility index (Phi) is 3.21. The number of ether oxygens (including phenoxy) is 2. The maximum Gasteiger partial charge on any atom is 0.348 e. The Bertz CT molecular complexity index is 648. The van der Waals surface area contributed by atoms with Crippen molar-refractivity contribution >= 4 is 28.9 Å². The zero-order chi connectivity index (χ0) is 13.4. The van der Waals surface area contributed by atoms with Crippen molar-refractivity contribution < 1.29 is 14.3 Å². The van der Waals surface area contributed by atoms with E-state index in [1.54, 1.807) is 13.0 Å². The van der Waals surface area contributed by atoms with Gasteiger partial charge in [-0.25, -0.2) is 4.79 Å². The second-order valence-corrected chi connectivity index (χ2v) is 5.60. The number of rotatable bonds is 2. The molecule has 2 aromatic rings. The summed E-state index contributed by atoms with van der Waals surface area (Å²) in [5, 5.41) is 0.654. The Morgan fingerprint density at radius 2 is 2.32 bits per heavy atom. The van der Waals surface area contributed by atoms with Crippen LogP contribution in [-0.4, -0.2) is 12.6 Å². The minimum atomic E-state index is -0.287. The van der Waals surface area contributed by atoms with Crippen LogP contribution in [-0.2, 0) is 11.3 Å². The minimum Gasteiger partial charge on any atom is -0.488 e. The van der Waals surface area contributed by atoms with Gasteiger partial charge in [0, 0.05) is 21.0 Å². The van der Waals surface area contributed by atoms with Gasteiger partial charge in [-0.3, -0.25) is 0 Å². The molecule has 3 nitrogen and oxygen atoms in total. The number of carbonyl (C=O) groups is 1. The Balaban J connectivity index is 2.06. The monoisotopic (exact) mass is 294 g/mol. The predicted octanol–water partition coefficient (Wildman–Crippen LogP) is 4.14. The van der Waals surface area contributed by atoms with E-state index in [0.717, 1.165) is 21.8 Å². The average molecular weight is 295 g/mol. The molecule has 19 heavy (non-hydrogen) atoms. The molecule has 5 heteroatoms. The smallest absolute Gasteiger partial charge is 0.348 e. The molecule has 0 spiro atoms. The molecule has 2 heterocycles. The van der Waals surface area contributed by atoms with Gasteiger partial charge in [0.25, 0.3) is 0 Å². The van der Waals surface area contributed by atoms with E-state index in [-0.39, 0.29) is 5.97 Å². The average Bonchev–Trinajstić information content (AvgIpc) is 2.83. The van der Waals surface area contributed by atoms with Crippen molar-refractivity contribution in [2.75, 3.05) is 6.61 Å². The quantitative estimate of drug-likeness (QED) is 0.781. The molecular formula is C14H11ClO3S. The first kappa shape index (κ1) is 12.5. The van der Waals surface area contributed by atoms with Crippen molar-refractivity contribution in [1.29, 1.82) is 0 Å². The number of benzene rings is 1. The van der Waals surface area contributed by atoms with Crippen LogP contribution < -0.4 is 4.74 Å². The van der Waals surface area contributed by atoms with Gasteiger partial charge in [0.15, 0.2) is 0 Å². The van der Waals surface area contributed by atoms with E-state index >= 15 is 0 Å². The van der Waals surface area contributed by atoms with Crippen LogP contribution >= 0.6 is 22.9 Å². The summed E-state index contributed by atoms with van der Waals surface area (Å²) < 4.78 is 10.7.